The lowest BCUT2D eigenvalue weighted by molar-refractivity contribution is -0.0509. The third-order valence-corrected chi connectivity index (χ3v) is 2.40. The van der Waals surface area contributed by atoms with Crippen molar-refractivity contribution in [2.45, 2.75) is 33.4 Å². The highest BCUT2D eigenvalue weighted by Crippen LogP contribution is 2.35. The molecule has 98 valence electrons. The maximum absolute atomic E-state index is 12.2. The van der Waals surface area contributed by atoms with E-state index in [4.69, 9.17) is 5.73 Å². The molecule has 0 unspecified atom stereocenters. The molecule has 0 spiro atoms. The van der Waals surface area contributed by atoms with Gasteiger partial charge in [0.2, 0.25) is 0 Å². The molecule has 2 nitrogen and oxygen atoms in total. The van der Waals surface area contributed by atoms with Crippen molar-refractivity contribution < 1.29 is 13.5 Å². The van der Waals surface area contributed by atoms with Crippen LogP contribution in [-0.4, -0.2) is 6.61 Å². The SMILES string of the molecule is CC(C)(C)[C@H](N)c1ccccc1OC(F)F.Cl. The first-order chi connectivity index (χ1) is 7.32. The highest BCUT2D eigenvalue weighted by molar-refractivity contribution is 5.85. The largest absolute Gasteiger partial charge is 0.434 e. The highest BCUT2D eigenvalue weighted by Gasteiger charge is 2.25. The Bertz CT molecular complexity index is 353. The third kappa shape index (κ3) is 4.48. The topological polar surface area (TPSA) is 35.2 Å². The lowest BCUT2D eigenvalue weighted by Gasteiger charge is -2.28. The van der Waals surface area contributed by atoms with Crippen molar-refractivity contribution >= 4 is 12.4 Å². The number of benzene rings is 1. The van der Waals surface area contributed by atoms with Gasteiger partial charge in [0.05, 0.1) is 0 Å². The standard InChI is InChI=1S/C12H17F2NO.ClH/c1-12(2,3)10(15)8-6-4-5-7-9(8)16-11(13)14;/h4-7,10-11H,15H2,1-3H3;1H/t10-;/m1./s1. The number of nitrogens with two attached hydrogens (primary N) is 1. The summed E-state index contributed by atoms with van der Waals surface area (Å²) in [5.74, 6) is 0.153. The summed E-state index contributed by atoms with van der Waals surface area (Å²) in [6.45, 7) is 3.04. The van der Waals surface area contributed by atoms with E-state index in [1.165, 1.54) is 6.07 Å². The number of rotatable bonds is 3. The van der Waals surface area contributed by atoms with E-state index in [1.807, 2.05) is 20.8 Å². The molecule has 0 aliphatic rings. The normalized spacial score (nSPS) is 13.1. The fraction of sp³-hybridized carbons (Fsp3) is 0.500. The molecule has 1 atom stereocenters. The Morgan fingerprint density at radius 2 is 1.71 bits per heavy atom. The zero-order valence-corrected chi connectivity index (χ0v) is 10.9. The van der Waals surface area contributed by atoms with E-state index in [2.05, 4.69) is 4.74 Å². The fourth-order valence-corrected chi connectivity index (χ4v) is 1.41. The number of hydrogen-bond acceptors (Lipinski definition) is 2. The van der Waals surface area contributed by atoms with Gasteiger partial charge in [-0.05, 0) is 11.5 Å². The molecular formula is C12H18ClF2NO. The van der Waals surface area contributed by atoms with Gasteiger partial charge in [-0.1, -0.05) is 39.0 Å². The summed E-state index contributed by atoms with van der Waals surface area (Å²) in [4.78, 5) is 0. The number of ether oxygens (including phenoxy) is 1. The molecule has 1 aromatic rings. The molecule has 0 amide bonds. The van der Waals surface area contributed by atoms with Crippen LogP contribution in [0.1, 0.15) is 32.4 Å². The molecule has 0 heterocycles. The van der Waals surface area contributed by atoms with Crippen molar-refractivity contribution in [1.82, 2.24) is 0 Å². The van der Waals surface area contributed by atoms with Gasteiger partial charge >= 0.3 is 6.61 Å². The summed E-state index contributed by atoms with van der Waals surface area (Å²) >= 11 is 0. The second-order valence-electron chi connectivity index (χ2n) is 4.76. The monoisotopic (exact) mass is 265 g/mol. The smallest absolute Gasteiger partial charge is 0.387 e. The average Bonchev–Trinajstić information content (AvgIpc) is 2.15. The van der Waals surface area contributed by atoms with Crippen LogP contribution < -0.4 is 10.5 Å². The summed E-state index contributed by atoms with van der Waals surface area (Å²) in [7, 11) is 0. The quantitative estimate of drug-likeness (QED) is 0.903. The van der Waals surface area contributed by atoms with Crippen molar-refractivity contribution in [3.05, 3.63) is 29.8 Å². The average molecular weight is 266 g/mol. The zero-order valence-electron chi connectivity index (χ0n) is 10.1. The van der Waals surface area contributed by atoms with E-state index in [9.17, 15) is 8.78 Å². The summed E-state index contributed by atoms with van der Waals surface area (Å²) < 4.78 is 28.8. The van der Waals surface area contributed by atoms with Gasteiger partial charge in [-0.25, -0.2) is 0 Å². The predicted octanol–water partition coefficient (Wildman–Crippen LogP) is 3.76. The molecule has 0 bridgehead atoms. The summed E-state index contributed by atoms with van der Waals surface area (Å²) in [6, 6.07) is 6.29. The van der Waals surface area contributed by atoms with Gasteiger partial charge in [0, 0.05) is 11.6 Å². The Labute approximate surface area is 107 Å². The van der Waals surface area contributed by atoms with Crippen LogP contribution >= 0.6 is 12.4 Å². The molecule has 0 aliphatic carbocycles. The van der Waals surface area contributed by atoms with Crippen LogP contribution in [0.5, 0.6) is 5.75 Å². The van der Waals surface area contributed by atoms with E-state index in [1.54, 1.807) is 18.2 Å². The second kappa shape index (κ2) is 6.17. The van der Waals surface area contributed by atoms with Crippen molar-refractivity contribution in [3.63, 3.8) is 0 Å². The Balaban J connectivity index is 0.00000256. The van der Waals surface area contributed by atoms with Gasteiger partial charge in [-0.15, -0.1) is 12.4 Å². The van der Waals surface area contributed by atoms with Gasteiger partial charge in [0.1, 0.15) is 5.75 Å². The van der Waals surface area contributed by atoms with Gasteiger partial charge < -0.3 is 10.5 Å². The van der Waals surface area contributed by atoms with Crippen molar-refractivity contribution in [2.75, 3.05) is 0 Å². The number of hydrogen-bond donors (Lipinski definition) is 1. The minimum Gasteiger partial charge on any atom is -0.434 e. The molecule has 0 saturated heterocycles. The first-order valence-corrected chi connectivity index (χ1v) is 5.11. The predicted molar refractivity (Wildman–Crippen MR) is 66.7 cm³/mol. The number of para-hydroxylation sites is 1. The first kappa shape index (κ1) is 16.1. The molecule has 0 aromatic heterocycles. The zero-order chi connectivity index (χ0) is 12.3. The molecule has 2 N–H and O–H groups in total. The third-order valence-electron chi connectivity index (χ3n) is 2.40. The minimum absolute atomic E-state index is 0. The Morgan fingerprint density at radius 1 is 1.18 bits per heavy atom. The Morgan fingerprint density at radius 3 is 2.18 bits per heavy atom. The highest BCUT2D eigenvalue weighted by atomic mass is 35.5. The van der Waals surface area contributed by atoms with Crippen molar-refractivity contribution in [3.8, 4) is 5.75 Å². The maximum Gasteiger partial charge on any atom is 0.387 e. The molecule has 1 rings (SSSR count). The van der Waals surface area contributed by atoms with Crippen molar-refractivity contribution in [1.29, 1.82) is 0 Å². The molecule has 1 aromatic carbocycles. The second-order valence-corrected chi connectivity index (χ2v) is 4.76. The number of alkyl halides is 2. The van der Waals surface area contributed by atoms with E-state index in [0.717, 1.165) is 0 Å². The van der Waals surface area contributed by atoms with Crippen LogP contribution in [0.3, 0.4) is 0 Å². The minimum atomic E-state index is -2.83. The van der Waals surface area contributed by atoms with Crippen LogP contribution in [-0.2, 0) is 0 Å². The lowest BCUT2D eigenvalue weighted by atomic mass is 9.83. The first-order valence-electron chi connectivity index (χ1n) is 5.11. The van der Waals surface area contributed by atoms with Crippen molar-refractivity contribution in [2.24, 2.45) is 11.1 Å². The summed E-state index contributed by atoms with van der Waals surface area (Å²) in [5.41, 5.74) is 6.42. The lowest BCUT2D eigenvalue weighted by Crippen LogP contribution is -2.27. The van der Waals surface area contributed by atoms with E-state index >= 15 is 0 Å². The maximum atomic E-state index is 12.2. The van der Waals surface area contributed by atoms with Crippen LogP contribution in [0.4, 0.5) is 8.78 Å². The Kier molecular flexibility index (Phi) is 5.85. The van der Waals surface area contributed by atoms with E-state index in [0.29, 0.717) is 5.56 Å². The molecular weight excluding hydrogens is 248 g/mol. The van der Waals surface area contributed by atoms with Gasteiger partial charge in [0.15, 0.2) is 0 Å². The molecule has 17 heavy (non-hydrogen) atoms. The molecule has 5 heteroatoms. The molecule has 0 saturated carbocycles. The molecule has 0 fully saturated rings. The molecule has 0 radical (unpaired) electrons. The van der Waals surface area contributed by atoms with E-state index < -0.39 is 6.61 Å². The Hall–Kier alpha value is -0.870. The van der Waals surface area contributed by atoms with Crippen LogP contribution in [0.2, 0.25) is 0 Å². The van der Waals surface area contributed by atoms with Gasteiger partial charge in [-0.3, -0.25) is 0 Å². The summed E-state index contributed by atoms with van der Waals surface area (Å²) in [6.07, 6.45) is 0. The summed E-state index contributed by atoms with van der Waals surface area (Å²) in [5, 5.41) is 0. The van der Waals surface area contributed by atoms with Crippen LogP contribution in [0.25, 0.3) is 0 Å². The van der Waals surface area contributed by atoms with E-state index in [-0.39, 0.29) is 29.6 Å². The molecule has 0 aliphatic heterocycles. The van der Waals surface area contributed by atoms with Crippen LogP contribution in [0.15, 0.2) is 24.3 Å². The fourth-order valence-electron chi connectivity index (χ4n) is 1.41. The number of halogens is 3. The van der Waals surface area contributed by atoms with Gasteiger partial charge in [0.25, 0.3) is 0 Å². The van der Waals surface area contributed by atoms with Gasteiger partial charge in [-0.2, -0.15) is 8.78 Å². The van der Waals surface area contributed by atoms with Crippen LogP contribution in [0, 0.1) is 5.41 Å².